The fourth-order valence-electron chi connectivity index (χ4n) is 2.45. The molecule has 0 atom stereocenters. The second kappa shape index (κ2) is 8.34. The number of nitrogens with one attached hydrogen (secondary N) is 2. The topological polar surface area (TPSA) is 72.5 Å². The molecule has 0 unspecified atom stereocenters. The van der Waals surface area contributed by atoms with E-state index in [0.29, 0.717) is 22.9 Å². The first kappa shape index (κ1) is 19.1. The van der Waals surface area contributed by atoms with Gasteiger partial charge in [0.1, 0.15) is 34.5 Å². The van der Waals surface area contributed by atoms with Crippen LogP contribution >= 0.6 is 0 Å². The number of halogens is 2. The van der Waals surface area contributed by atoms with Gasteiger partial charge in [-0.05, 0) is 36.4 Å². The molecule has 0 radical (unpaired) electrons. The number of ether oxygens (including phenoxy) is 2. The van der Waals surface area contributed by atoms with E-state index in [1.807, 2.05) is 0 Å². The van der Waals surface area contributed by atoms with E-state index >= 15 is 0 Å². The standard InChI is InChI=1S/C20H17F2N3O3/c1-27-13-7-9-16(18(10-13)28-2)24-12-6-8-17(23-11-12)20(26)25-19-14(21)4-3-5-15(19)22/h3-11,24H,1-2H3,(H,25,26). The summed E-state index contributed by atoms with van der Waals surface area (Å²) in [7, 11) is 3.09. The van der Waals surface area contributed by atoms with Crippen molar-refractivity contribution in [3.63, 3.8) is 0 Å². The third-order valence-corrected chi connectivity index (χ3v) is 3.89. The average molecular weight is 385 g/mol. The highest BCUT2D eigenvalue weighted by atomic mass is 19.1. The lowest BCUT2D eigenvalue weighted by Crippen LogP contribution is -2.15. The van der Waals surface area contributed by atoms with Crippen molar-refractivity contribution in [2.24, 2.45) is 0 Å². The normalized spacial score (nSPS) is 10.3. The van der Waals surface area contributed by atoms with Crippen LogP contribution in [0, 0.1) is 11.6 Å². The number of anilines is 3. The molecule has 8 heteroatoms. The summed E-state index contributed by atoms with van der Waals surface area (Å²) in [6, 6.07) is 11.6. The molecule has 0 saturated heterocycles. The van der Waals surface area contributed by atoms with E-state index in [4.69, 9.17) is 9.47 Å². The van der Waals surface area contributed by atoms with Gasteiger partial charge in [-0.1, -0.05) is 6.07 Å². The quantitative estimate of drug-likeness (QED) is 0.659. The molecule has 0 saturated carbocycles. The number of para-hydroxylation sites is 1. The third kappa shape index (κ3) is 4.17. The van der Waals surface area contributed by atoms with Gasteiger partial charge in [0.25, 0.3) is 5.91 Å². The molecule has 0 spiro atoms. The second-order valence-corrected chi connectivity index (χ2v) is 5.67. The van der Waals surface area contributed by atoms with Gasteiger partial charge in [-0.3, -0.25) is 4.79 Å². The van der Waals surface area contributed by atoms with Crippen LogP contribution in [0.25, 0.3) is 0 Å². The summed E-state index contributed by atoms with van der Waals surface area (Å²) in [5.74, 6) is -1.24. The van der Waals surface area contributed by atoms with Crippen LogP contribution in [0.1, 0.15) is 10.5 Å². The maximum atomic E-state index is 13.7. The van der Waals surface area contributed by atoms with E-state index in [9.17, 15) is 13.6 Å². The smallest absolute Gasteiger partial charge is 0.274 e. The molecule has 3 aromatic rings. The Balaban J connectivity index is 1.74. The van der Waals surface area contributed by atoms with E-state index in [0.717, 1.165) is 12.1 Å². The predicted molar refractivity (Wildman–Crippen MR) is 101 cm³/mol. The Morgan fingerprint density at radius 2 is 1.75 bits per heavy atom. The van der Waals surface area contributed by atoms with Gasteiger partial charge >= 0.3 is 0 Å². The third-order valence-electron chi connectivity index (χ3n) is 3.89. The highest BCUT2D eigenvalue weighted by Crippen LogP contribution is 2.31. The summed E-state index contributed by atoms with van der Waals surface area (Å²) in [5.41, 5.74) is 0.766. The number of carbonyl (C=O) groups is 1. The monoisotopic (exact) mass is 385 g/mol. The van der Waals surface area contributed by atoms with Gasteiger partial charge in [-0.2, -0.15) is 0 Å². The molecule has 6 nitrogen and oxygen atoms in total. The zero-order chi connectivity index (χ0) is 20.1. The largest absolute Gasteiger partial charge is 0.497 e. The number of rotatable bonds is 6. The Morgan fingerprint density at radius 3 is 2.36 bits per heavy atom. The molecule has 2 N–H and O–H groups in total. The SMILES string of the molecule is COc1ccc(Nc2ccc(C(=O)Nc3c(F)cccc3F)nc2)c(OC)c1. The summed E-state index contributed by atoms with van der Waals surface area (Å²) >= 11 is 0. The fourth-order valence-corrected chi connectivity index (χ4v) is 2.45. The Bertz CT molecular complexity index is 974. The van der Waals surface area contributed by atoms with Crippen molar-refractivity contribution >= 4 is 23.0 Å². The van der Waals surface area contributed by atoms with Crippen molar-refractivity contribution in [1.29, 1.82) is 0 Å². The average Bonchev–Trinajstić information content (AvgIpc) is 2.71. The van der Waals surface area contributed by atoms with Gasteiger partial charge in [0.2, 0.25) is 0 Å². The van der Waals surface area contributed by atoms with Gasteiger partial charge in [0, 0.05) is 6.07 Å². The van der Waals surface area contributed by atoms with Crippen LogP contribution in [-0.4, -0.2) is 25.1 Å². The number of aromatic nitrogens is 1. The Kier molecular flexibility index (Phi) is 5.69. The minimum absolute atomic E-state index is 0.00917. The molecule has 0 aliphatic carbocycles. The summed E-state index contributed by atoms with van der Waals surface area (Å²) in [6.07, 6.45) is 1.43. The lowest BCUT2D eigenvalue weighted by atomic mass is 10.2. The number of hydrogen-bond donors (Lipinski definition) is 2. The van der Waals surface area contributed by atoms with Gasteiger partial charge in [-0.15, -0.1) is 0 Å². The molecular weight excluding hydrogens is 368 g/mol. The number of benzene rings is 2. The fraction of sp³-hybridized carbons (Fsp3) is 0.100. The van der Waals surface area contributed by atoms with E-state index in [1.54, 1.807) is 31.4 Å². The predicted octanol–water partition coefficient (Wildman–Crippen LogP) is 4.37. The van der Waals surface area contributed by atoms with Crippen molar-refractivity contribution in [3.8, 4) is 11.5 Å². The summed E-state index contributed by atoms with van der Waals surface area (Å²) in [5, 5.41) is 5.30. The molecule has 1 aromatic heterocycles. The highest BCUT2D eigenvalue weighted by Gasteiger charge is 2.14. The van der Waals surface area contributed by atoms with E-state index in [1.165, 1.54) is 25.4 Å². The number of carbonyl (C=O) groups excluding carboxylic acids is 1. The van der Waals surface area contributed by atoms with Crippen LogP contribution in [0.4, 0.5) is 25.8 Å². The number of amides is 1. The van der Waals surface area contributed by atoms with Crippen LogP contribution in [0.3, 0.4) is 0 Å². The van der Waals surface area contributed by atoms with Gasteiger partial charge in [0.15, 0.2) is 0 Å². The molecule has 0 fully saturated rings. The van der Waals surface area contributed by atoms with E-state index in [2.05, 4.69) is 15.6 Å². The molecule has 28 heavy (non-hydrogen) atoms. The van der Waals surface area contributed by atoms with E-state index < -0.39 is 23.2 Å². The lowest BCUT2D eigenvalue weighted by molar-refractivity contribution is 0.102. The minimum Gasteiger partial charge on any atom is -0.497 e. The van der Waals surface area contributed by atoms with Crippen molar-refractivity contribution in [1.82, 2.24) is 4.98 Å². The summed E-state index contributed by atoms with van der Waals surface area (Å²) in [4.78, 5) is 16.2. The number of nitrogens with zero attached hydrogens (tertiary/aromatic N) is 1. The van der Waals surface area contributed by atoms with Crippen molar-refractivity contribution < 1.29 is 23.0 Å². The molecule has 2 aromatic carbocycles. The Labute approximate surface area is 160 Å². The van der Waals surface area contributed by atoms with Gasteiger partial charge in [0.05, 0.1) is 31.8 Å². The molecule has 1 amide bonds. The van der Waals surface area contributed by atoms with Crippen molar-refractivity contribution in [2.75, 3.05) is 24.9 Å². The molecule has 0 aliphatic heterocycles. The zero-order valence-electron chi connectivity index (χ0n) is 15.1. The molecular formula is C20H17F2N3O3. The first-order valence-electron chi connectivity index (χ1n) is 8.22. The van der Waals surface area contributed by atoms with Crippen LogP contribution < -0.4 is 20.1 Å². The Hall–Kier alpha value is -3.68. The molecule has 144 valence electrons. The van der Waals surface area contributed by atoms with Crippen molar-refractivity contribution in [2.45, 2.75) is 0 Å². The van der Waals surface area contributed by atoms with E-state index in [-0.39, 0.29) is 5.69 Å². The molecule has 0 aliphatic rings. The van der Waals surface area contributed by atoms with Crippen LogP contribution in [0.2, 0.25) is 0 Å². The Morgan fingerprint density at radius 1 is 1.00 bits per heavy atom. The van der Waals surface area contributed by atoms with Crippen LogP contribution in [0.5, 0.6) is 11.5 Å². The zero-order valence-corrected chi connectivity index (χ0v) is 15.1. The molecule has 1 heterocycles. The van der Waals surface area contributed by atoms with Crippen molar-refractivity contribution in [3.05, 3.63) is 72.1 Å². The summed E-state index contributed by atoms with van der Waals surface area (Å²) < 4.78 is 37.8. The number of hydrogen-bond acceptors (Lipinski definition) is 5. The lowest BCUT2D eigenvalue weighted by Gasteiger charge is -2.12. The van der Waals surface area contributed by atoms with Gasteiger partial charge in [-0.25, -0.2) is 13.8 Å². The van der Waals surface area contributed by atoms with Gasteiger partial charge < -0.3 is 20.1 Å². The molecule has 0 bridgehead atoms. The maximum Gasteiger partial charge on any atom is 0.274 e. The number of pyridine rings is 1. The first-order valence-corrected chi connectivity index (χ1v) is 8.22. The second-order valence-electron chi connectivity index (χ2n) is 5.67. The summed E-state index contributed by atoms with van der Waals surface area (Å²) in [6.45, 7) is 0. The highest BCUT2D eigenvalue weighted by molar-refractivity contribution is 6.03. The number of methoxy groups -OCH3 is 2. The van der Waals surface area contributed by atoms with Crippen LogP contribution in [0.15, 0.2) is 54.7 Å². The molecule has 3 rings (SSSR count). The maximum absolute atomic E-state index is 13.7. The van der Waals surface area contributed by atoms with Crippen LogP contribution in [-0.2, 0) is 0 Å². The minimum atomic E-state index is -0.863. The first-order chi connectivity index (χ1) is 13.5.